The topological polar surface area (TPSA) is 87.5 Å². The normalized spacial score (nSPS) is 14.4. The van der Waals surface area contributed by atoms with Crippen molar-refractivity contribution in [2.24, 2.45) is 0 Å². The van der Waals surface area contributed by atoms with Gasteiger partial charge in [-0.2, -0.15) is 5.26 Å². The predicted molar refractivity (Wildman–Crippen MR) is 105 cm³/mol. The quantitative estimate of drug-likeness (QED) is 0.828. The van der Waals surface area contributed by atoms with Crippen molar-refractivity contribution in [1.82, 2.24) is 9.88 Å². The molecule has 1 saturated heterocycles. The van der Waals surface area contributed by atoms with E-state index in [4.69, 9.17) is 9.47 Å². The van der Waals surface area contributed by atoms with Gasteiger partial charge in [-0.1, -0.05) is 6.07 Å². The summed E-state index contributed by atoms with van der Waals surface area (Å²) < 4.78 is 11.3. The smallest absolute Gasteiger partial charge is 0.321 e. The number of carbonyl (C=O) groups is 1. The van der Waals surface area contributed by atoms with Crippen LogP contribution in [0.1, 0.15) is 30.9 Å². The van der Waals surface area contributed by atoms with Crippen LogP contribution in [0.15, 0.2) is 42.7 Å². The highest BCUT2D eigenvalue weighted by molar-refractivity contribution is 5.89. The fraction of sp³-hybridized carbons (Fsp3) is 0.381. The lowest BCUT2D eigenvalue weighted by molar-refractivity contribution is 0.00530. The van der Waals surface area contributed by atoms with E-state index in [1.807, 2.05) is 19.1 Å². The van der Waals surface area contributed by atoms with Crippen molar-refractivity contribution in [3.8, 4) is 11.8 Å². The summed E-state index contributed by atoms with van der Waals surface area (Å²) in [5.74, 6) is 0.523. The van der Waals surface area contributed by atoms with Crippen molar-refractivity contribution in [2.75, 3.05) is 25.0 Å². The van der Waals surface area contributed by atoms with Gasteiger partial charge in [0.25, 0.3) is 0 Å². The van der Waals surface area contributed by atoms with Crippen LogP contribution in [0.25, 0.3) is 0 Å². The van der Waals surface area contributed by atoms with E-state index in [0.717, 1.165) is 18.4 Å². The van der Waals surface area contributed by atoms with E-state index >= 15 is 0 Å². The van der Waals surface area contributed by atoms with Crippen molar-refractivity contribution >= 4 is 11.7 Å². The molecule has 0 spiro atoms. The predicted octanol–water partition coefficient (Wildman–Crippen LogP) is 3.57. The van der Waals surface area contributed by atoms with Crippen LogP contribution in [0, 0.1) is 11.3 Å². The molecule has 7 heteroatoms. The number of amides is 2. The summed E-state index contributed by atoms with van der Waals surface area (Å²) in [6.45, 7) is 4.14. The number of hydrogen-bond acceptors (Lipinski definition) is 5. The fourth-order valence-corrected chi connectivity index (χ4v) is 3.10. The van der Waals surface area contributed by atoms with E-state index in [9.17, 15) is 10.1 Å². The molecule has 1 aromatic carbocycles. The Balaban J connectivity index is 1.48. The minimum Gasteiger partial charge on any atom is -0.492 e. The number of nitrogens with one attached hydrogen (secondary N) is 1. The van der Waals surface area contributed by atoms with Crippen molar-refractivity contribution in [3.63, 3.8) is 0 Å². The number of nitriles is 1. The number of nitrogens with zero attached hydrogens (tertiary/aromatic N) is 3. The summed E-state index contributed by atoms with van der Waals surface area (Å²) in [6, 6.07) is 10.9. The van der Waals surface area contributed by atoms with Crippen LogP contribution in [0.3, 0.4) is 0 Å². The standard InChI is InChI=1S/C21H24N4O3/c1-2-27-20-6-5-18(12-17(20)13-22)24-21(26)25-10-7-19(8-11-25)28-15-16-4-3-9-23-14-16/h3-6,9,12,14,19H,2,7-8,10-11,15H2,1H3,(H,24,26). The second-order valence-electron chi connectivity index (χ2n) is 6.54. The highest BCUT2D eigenvalue weighted by Crippen LogP contribution is 2.23. The van der Waals surface area contributed by atoms with Crippen LogP contribution in [0.4, 0.5) is 10.5 Å². The highest BCUT2D eigenvalue weighted by atomic mass is 16.5. The molecule has 2 amide bonds. The zero-order chi connectivity index (χ0) is 19.8. The van der Waals surface area contributed by atoms with E-state index < -0.39 is 0 Å². The molecule has 0 saturated carbocycles. The Bertz CT molecular complexity index is 827. The molecule has 28 heavy (non-hydrogen) atoms. The van der Waals surface area contributed by atoms with Crippen molar-refractivity contribution < 1.29 is 14.3 Å². The van der Waals surface area contributed by atoms with E-state index in [-0.39, 0.29) is 12.1 Å². The zero-order valence-corrected chi connectivity index (χ0v) is 15.9. The van der Waals surface area contributed by atoms with Crippen LogP contribution in [-0.4, -0.2) is 41.7 Å². The number of hydrogen-bond donors (Lipinski definition) is 1. The van der Waals surface area contributed by atoms with Gasteiger partial charge in [0.15, 0.2) is 0 Å². The first-order valence-corrected chi connectivity index (χ1v) is 9.43. The summed E-state index contributed by atoms with van der Waals surface area (Å²) in [5.41, 5.74) is 2.04. The van der Waals surface area contributed by atoms with E-state index in [1.165, 1.54) is 0 Å². The van der Waals surface area contributed by atoms with Gasteiger partial charge in [0.1, 0.15) is 11.8 Å². The van der Waals surface area contributed by atoms with Gasteiger partial charge in [-0.3, -0.25) is 4.98 Å². The molecule has 0 radical (unpaired) electrons. The summed E-state index contributed by atoms with van der Waals surface area (Å²) in [6.07, 6.45) is 5.26. The number of rotatable bonds is 6. The average molecular weight is 380 g/mol. The Kier molecular flexibility index (Phi) is 6.82. The van der Waals surface area contributed by atoms with Gasteiger partial charge in [-0.25, -0.2) is 4.79 Å². The number of benzene rings is 1. The Hall–Kier alpha value is -3.11. The molecule has 1 N–H and O–H groups in total. The van der Waals surface area contributed by atoms with Crippen LogP contribution in [0.2, 0.25) is 0 Å². The lowest BCUT2D eigenvalue weighted by atomic mass is 10.1. The number of urea groups is 1. The maximum atomic E-state index is 12.5. The molecule has 3 rings (SSSR count). The van der Waals surface area contributed by atoms with Gasteiger partial charge in [-0.05, 0) is 49.6 Å². The highest BCUT2D eigenvalue weighted by Gasteiger charge is 2.23. The summed E-state index contributed by atoms with van der Waals surface area (Å²) in [7, 11) is 0. The van der Waals surface area contributed by atoms with Crippen LogP contribution < -0.4 is 10.1 Å². The number of anilines is 1. The first-order valence-electron chi connectivity index (χ1n) is 9.43. The van der Waals surface area contributed by atoms with E-state index in [2.05, 4.69) is 16.4 Å². The molecule has 2 aromatic rings. The molecule has 1 aliphatic rings. The molecule has 1 fully saturated rings. The Morgan fingerprint density at radius 1 is 1.36 bits per heavy atom. The molecule has 1 aliphatic heterocycles. The molecule has 2 heterocycles. The molecule has 0 aliphatic carbocycles. The van der Waals surface area contributed by atoms with Gasteiger partial charge < -0.3 is 19.7 Å². The minimum absolute atomic E-state index is 0.139. The maximum absolute atomic E-state index is 12.5. The van der Waals surface area contributed by atoms with Crippen LogP contribution >= 0.6 is 0 Å². The van der Waals surface area contributed by atoms with Gasteiger partial charge in [0, 0.05) is 31.2 Å². The molecule has 146 valence electrons. The number of pyridine rings is 1. The molecular weight excluding hydrogens is 356 g/mol. The van der Waals surface area contributed by atoms with Gasteiger partial charge in [0.05, 0.1) is 24.9 Å². The maximum Gasteiger partial charge on any atom is 0.321 e. The zero-order valence-electron chi connectivity index (χ0n) is 15.9. The second kappa shape index (κ2) is 9.72. The third-order valence-corrected chi connectivity index (χ3v) is 4.59. The largest absolute Gasteiger partial charge is 0.492 e. The fourth-order valence-electron chi connectivity index (χ4n) is 3.10. The SMILES string of the molecule is CCOc1ccc(NC(=O)N2CCC(OCc3cccnc3)CC2)cc1C#N. The Morgan fingerprint density at radius 3 is 2.86 bits per heavy atom. The van der Waals surface area contributed by atoms with E-state index in [0.29, 0.717) is 43.3 Å². The number of aromatic nitrogens is 1. The molecular formula is C21H24N4O3. The first kappa shape index (κ1) is 19.6. The third kappa shape index (κ3) is 5.21. The number of carbonyl (C=O) groups excluding carboxylic acids is 1. The van der Waals surface area contributed by atoms with Crippen molar-refractivity contribution in [1.29, 1.82) is 5.26 Å². The number of piperidine rings is 1. The lowest BCUT2D eigenvalue weighted by Crippen LogP contribution is -2.43. The van der Waals surface area contributed by atoms with Gasteiger partial charge in [-0.15, -0.1) is 0 Å². The Morgan fingerprint density at radius 2 is 2.18 bits per heavy atom. The van der Waals surface area contributed by atoms with Gasteiger partial charge in [0.2, 0.25) is 0 Å². The lowest BCUT2D eigenvalue weighted by Gasteiger charge is -2.32. The monoisotopic (exact) mass is 380 g/mol. The van der Waals surface area contributed by atoms with Gasteiger partial charge >= 0.3 is 6.03 Å². The number of ether oxygens (including phenoxy) is 2. The summed E-state index contributed by atoms with van der Waals surface area (Å²) in [5, 5.41) is 12.1. The molecule has 0 atom stereocenters. The molecule has 1 aromatic heterocycles. The van der Waals surface area contributed by atoms with Crippen molar-refractivity contribution in [2.45, 2.75) is 32.5 Å². The summed E-state index contributed by atoms with van der Waals surface area (Å²) >= 11 is 0. The minimum atomic E-state index is -0.168. The summed E-state index contributed by atoms with van der Waals surface area (Å²) in [4.78, 5) is 18.4. The van der Waals surface area contributed by atoms with E-state index in [1.54, 1.807) is 35.5 Å². The second-order valence-corrected chi connectivity index (χ2v) is 6.54. The van der Waals surface area contributed by atoms with Crippen LogP contribution in [-0.2, 0) is 11.3 Å². The first-order chi connectivity index (χ1) is 13.7. The van der Waals surface area contributed by atoms with Crippen molar-refractivity contribution in [3.05, 3.63) is 53.9 Å². The molecule has 0 bridgehead atoms. The third-order valence-electron chi connectivity index (χ3n) is 4.59. The molecule has 0 unspecified atom stereocenters. The Labute approximate surface area is 164 Å². The average Bonchev–Trinajstić information content (AvgIpc) is 2.74. The molecule has 7 nitrogen and oxygen atoms in total. The number of likely N-dealkylation sites (tertiary alicyclic amines) is 1. The van der Waals surface area contributed by atoms with Crippen LogP contribution in [0.5, 0.6) is 5.75 Å².